The largest absolute Gasteiger partial charge is 0.534 e. The third-order valence-corrected chi connectivity index (χ3v) is 8.65. The van der Waals surface area contributed by atoms with Crippen LogP contribution in [0.25, 0.3) is 0 Å². The summed E-state index contributed by atoms with van der Waals surface area (Å²) in [5, 5.41) is 11.4. The number of unbranched alkanes of at least 4 members (excludes halogenated alkanes) is 3. The van der Waals surface area contributed by atoms with Gasteiger partial charge < -0.3 is 40.2 Å². The fourth-order valence-corrected chi connectivity index (χ4v) is 5.49. The van der Waals surface area contributed by atoms with E-state index in [4.69, 9.17) is 18.9 Å². The fraction of sp³-hybridized carbons (Fsp3) is 0.436. The van der Waals surface area contributed by atoms with Gasteiger partial charge in [0.25, 0.3) is 23.6 Å². The lowest BCUT2D eigenvalue weighted by atomic mass is 10.1. The number of amides is 8. The first-order chi connectivity index (χ1) is 29.3. The minimum atomic E-state index is -1.25. The van der Waals surface area contributed by atoms with E-state index in [0.717, 1.165) is 12.8 Å². The van der Waals surface area contributed by atoms with Crippen LogP contribution in [0.15, 0.2) is 48.5 Å². The highest BCUT2D eigenvalue weighted by atomic mass is 16.8. The molecule has 4 N–H and O–H groups in total. The van der Waals surface area contributed by atoms with Crippen LogP contribution in [-0.2, 0) is 61.1 Å². The van der Waals surface area contributed by atoms with Gasteiger partial charge in [0.05, 0.1) is 0 Å². The van der Waals surface area contributed by atoms with Gasteiger partial charge in [0, 0.05) is 52.2 Å². The summed E-state index contributed by atoms with van der Waals surface area (Å²) in [4.78, 5) is 129. The van der Waals surface area contributed by atoms with Gasteiger partial charge in [-0.3, -0.25) is 38.4 Å². The number of nitrogens with one attached hydrogen (secondary N) is 4. The van der Waals surface area contributed by atoms with Gasteiger partial charge in [-0.1, -0.05) is 34.4 Å². The summed E-state index contributed by atoms with van der Waals surface area (Å²) in [5.41, 5.74) is 0.968. The van der Waals surface area contributed by atoms with Gasteiger partial charge in [0.1, 0.15) is 30.8 Å². The molecule has 2 aliphatic rings. The lowest BCUT2D eigenvalue weighted by Crippen LogP contribution is -2.48. The molecule has 0 aromatic heterocycles. The third-order valence-electron chi connectivity index (χ3n) is 8.65. The summed E-state index contributed by atoms with van der Waals surface area (Å²) in [6.45, 7) is 1.92. The van der Waals surface area contributed by atoms with Gasteiger partial charge in [-0.05, 0) is 73.9 Å². The van der Waals surface area contributed by atoms with E-state index >= 15 is 0 Å². The molecule has 1 atom stereocenters. The molecular weight excluding hydrogens is 808 g/mol. The highest BCUT2D eigenvalue weighted by Crippen LogP contribution is 2.18. The molecule has 61 heavy (non-hydrogen) atoms. The Morgan fingerprint density at radius 3 is 1.46 bits per heavy atom. The minimum absolute atomic E-state index is 0.0527. The van der Waals surface area contributed by atoms with Gasteiger partial charge in [0.15, 0.2) is 0 Å². The highest BCUT2D eigenvalue weighted by molar-refractivity contribution is 6.02. The zero-order chi connectivity index (χ0) is 44.1. The second-order valence-corrected chi connectivity index (χ2v) is 13.4. The average Bonchev–Trinajstić information content (AvgIpc) is 3.72. The molecule has 0 aliphatic carbocycles. The molecule has 4 rings (SSSR count). The smallest absolute Gasteiger partial charge is 0.428 e. The van der Waals surface area contributed by atoms with E-state index < -0.39 is 60.1 Å². The van der Waals surface area contributed by atoms with Crippen LogP contribution in [0, 0.1) is 0 Å². The Bertz CT molecular complexity index is 1890. The van der Waals surface area contributed by atoms with Crippen molar-refractivity contribution in [3.05, 3.63) is 59.7 Å². The molecule has 2 aromatic carbocycles. The maximum atomic E-state index is 13.1. The maximum absolute atomic E-state index is 13.1. The second kappa shape index (κ2) is 24.0. The summed E-state index contributed by atoms with van der Waals surface area (Å²) in [7, 11) is 0. The van der Waals surface area contributed by atoms with Gasteiger partial charge in [0.2, 0.25) is 11.8 Å². The number of rotatable bonds is 21. The summed E-state index contributed by atoms with van der Waals surface area (Å²) in [6.07, 6.45) is -1.31. The number of hydroxylamine groups is 4. The first-order valence-electron chi connectivity index (χ1n) is 19.3. The van der Waals surface area contributed by atoms with E-state index in [-0.39, 0.29) is 69.3 Å². The fourth-order valence-electron chi connectivity index (χ4n) is 5.49. The summed E-state index contributed by atoms with van der Waals surface area (Å²) < 4.78 is 20.5. The predicted molar refractivity (Wildman–Crippen MR) is 204 cm³/mol. The van der Waals surface area contributed by atoms with Gasteiger partial charge in [-0.15, -0.1) is 0 Å². The normalized spacial score (nSPS) is 13.9. The Morgan fingerprint density at radius 1 is 0.557 bits per heavy atom. The van der Waals surface area contributed by atoms with Crippen molar-refractivity contribution in [3.8, 4) is 11.5 Å². The first-order valence-corrected chi connectivity index (χ1v) is 19.3. The zero-order valence-corrected chi connectivity index (χ0v) is 33.2. The Hall–Kier alpha value is -7.26. The molecule has 0 radical (unpaired) electrons. The van der Waals surface area contributed by atoms with Crippen molar-refractivity contribution < 1.29 is 76.6 Å². The summed E-state index contributed by atoms with van der Waals surface area (Å²) in [5.74, 6) is -2.87. The predicted octanol–water partition coefficient (Wildman–Crippen LogP) is 2.96. The molecule has 2 aromatic rings. The van der Waals surface area contributed by atoms with Crippen LogP contribution < -0.4 is 30.7 Å². The number of hydrogen-bond acceptors (Lipinski definition) is 16. The Morgan fingerprint density at radius 2 is 0.984 bits per heavy atom. The van der Waals surface area contributed by atoms with E-state index in [1.807, 2.05) is 0 Å². The monoisotopic (exact) mass is 854 g/mol. The van der Waals surface area contributed by atoms with Crippen LogP contribution in [0.1, 0.15) is 82.3 Å². The maximum Gasteiger partial charge on any atom is 0.534 e. The van der Waals surface area contributed by atoms with Crippen LogP contribution in [0.3, 0.4) is 0 Å². The number of hydrogen-bond donors (Lipinski definition) is 4. The molecule has 2 heterocycles. The van der Waals surface area contributed by atoms with E-state index in [1.54, 1.807) is 0 Å². The van der Waals surface area contributed by atoms with Crippen LogP contribution in [0.2, 0.25) is 0 Å². The molecule has 0 saturated carbocycles. The molecule has 2 fully saturated rings. The molecule has 0 bridgehead atoms. The molecule has 328 valence electrons. The van der Waals surface area contributed by atoms with Crippen LogP contribution >= 0.6 is 0 Å². The molecule has 22 nitrogen and oxygen atoms in total. The van der Waals surface area contributed by atoms with Crippen molar-refractivity contribution in [2.75, 3.05) is 19.6 Å². The number of benzene rings is 2. The summed E-state index contributed by atoms with van der Waals surface area (Å²) >= 11 is 0. The number of carbonyl (C=O) groups excluding carboxylic acids is 10. The average molecular weight is 855 g/mol. The first kappa shape index (κ1) is 46.4. The number of ether oxygens (including phenoxy) is 4. The molecule has 0 spiro atoms. The lowest BCUT2D eigenvalue weighted by Gasteiger charge is -2.18. The van der Waals surface area contributed by atoms with Gasteiger partial charge in [-0.25, -0.2) is 19.2 Å². The Kier molecular flexibility index (Phi) is 18.2. The zero-order valence-electron chi connectivity index (χ0n) is 33.2. The van der Waals surface area contributed by atoms with Crippen molar-refractivity contribution in [1.29, 1.82) is 0 Å². The quantitative estimate of drug-likeness (QED) is 0.0798. The van der Waals surface area contributed by atoms with E-state index in [2.05, 4.69) is 30.9 Å². The lowest BCUT2D eigenvalue weighted by molar-refractivity contribution is -0.178. The topological polar surface area (TPSA) is 281 Å². The molecule has 22 heteroatoms. The molecular formula is C39H46N6O16. The highest BCUT2D eigenvalue weighted by Gasteiger charge is 2.34. The number of imide groups is 2. The standard InChI is InChI=1S/C39H46N6O16/c1-25(46)40-20-4-2-5-21-41-35(51)30(43-37(53)59-29-14-10-27(11-15-29)24-57-39(55)61-45-33(49)18-19-34(45)50)7-3-6-22-42-36(52)58-28-12-8-26(9-13-28)23-56-38(54)60-44-31(47)16-17-32(44)48/h8-15,30H,2-7,16-24H2,1H3,(H,40,46)(H,41,51)(H,42,52)(H,43,53). The van der Waals surface area contributed by atoms with Crippen molar-refractivity contribution in [2.45, 2.75) is 90.4 Å². The molecule has 2 aliphatic heterocycles. The van der Waals surface area contributed by atoms with Gasteiger partial charge >= 0.3 is 24.5 Å². The SMILES string of the molecule is CC(=O)NCCCCCNC(=O)C(CCCCNC(=O)Oc1ccc(COC(=O)ON2C(=O)CCC2=O)cc1)NC(=O)Oc1ccc(COC(=O)ON2C(=O)CCC2=O)cc1. The Balaban J connectivity index is 1.18. The molecule has 8 amide bonds. The van der Waals surface area contributed by atoms with Crippen LogP contribution in [-0.4, -0.2) is 95.7 Å². The summed E-state index contributed by atoms with van der Waals surface area (Å²) in [6, 6.07) is 10.8. The molecule has 2 saturated heterocycles. The van der Waals surface area contributed by atoms with Crippen molar-refractivity contribution in [3.63, 3.8) is 0 Å². The van der Waals surface area contributed by atoms with E-state index in [1.165, 1.54) is 55.5 Å². The van der Waals surface area contributed by atoms with Crippen LogP contribution in [0.4, 0.5) is 19.2 Å². The van der Waals surface area contributed by atoms with E-state index in [9.17, 15) is 47.9 Å². The van der Waals surface area contributed by atoms with E-state index in [0.29, 0.717) is 53.6 Å². The number of nitrogens with zero attached hydrogens (tertiary/aromatic N) is 2. The Labute approximate surface area is 348 Å². The third kappa shape index (κ3) is 16.5. The molecule has 1 unspecified atom stereocenters. The van der Waals surface area contributed by atoms with Crippen molar-refractivity contribution in [1.82, 2.24) is 31.4 Å². The van der Waals surface area contributed by atoms with Crippen molar-refractivity contribution in [2.24, 2.45) is 0 Å². The van der Waals surface area contributed by atoms with Gasteiger partial charge in [-0.2, -0.15) is 0 Å². The van der Waals surface area contributed by atoms with Crippen LogP contribution in [0.5, 0.6) is 11.5 Å². The minimum Gasteiger partial charge on any atom is -0.428 e. The number of carbonyl (C=O) groups is 10. The van der Waals surface area contributed by atoms with Crippen molar-refractivity contribution >= 4 is 59.9 Å². The second-order valence-electron chi connectivity index (χ2n) is 13.4.